The van der Waals surface area contributed by atoms with Crippen LogP contribution in [0.5, 0.6) is 11.5 Å². The molecule has 1 aromatic carbocycles. The molecule has 0 saturated heterocycles. The van der Waals surface area contributed by atoms with Gasteiger partial charge in [0.25, 0.3) is 0 Å². The summed E-state index contributed by atoms with van der Waals surface area (Å²) in [5, 5.41) is 3.80. The first-order chi connectivity index (χ1) is 8.22. The maximum Gasteiger partial charge on any atom is 0.145 e. The molecule has 0 aliphatic heterocycles. The SMILES string of the molecule is COCCCNc1cc(Cl)c(OC)cc1OC. The van der Waals surface area contributed by atoms with Crippen molar-refractivity contribution in [2.24, 2.45) is 0 Å². The summed E-state index contributed by atoms with van der Waals surface area (Å²) >= 11 is 6.05. The van der Waals surface area contributed by atoms with Crippen LogP contribution in [0.1, 0.15) is 6.42 Å². The molecule has 0 unspecified atom stereocenters. The van der Waals surface area contributed by atoms with Crippen molar-refractivity contribution in [1.82, 2.24) is 0 Å². The van der Waals surface area contributed by atoms with Gasteiger partial charge in [-0.05, 0) is 12.5 Å². The number of benzene rings is 1. The summed E-state index contributed by atoms with van der Waals surface area (Å²) in [7, 11) is 4.88. The summed E-state index contributed by atoms with van der Waals surface area (Å²) in [5.41, 5.74) is 0.856. The number of ether oxygens (including phenoxy) is 3. The predicted molar refractivity (Wildman–Crippen MR) is 69.5 cm³/mol. The van der Waals surface area contributed by atoms with E-state index in [2.05, 4.69) is 5.32 Å². The molecular formula is C12H18ClNO3. The highest BCUT2D eigenvalue weighted by atomic mass is 35.5. The van der Waals surface area contributed by atoms with Gasteiger partial charge in [-0.15, -0.1) is 0 Å². The molecule has 0 atom stereocenters. The zero-order valence-corrected chi connectivity index (χ0v) is 11.1. The van der Waals surface area contributed by atoms with E-state index in [1.807, 2.05) is 0 Å². The van der Waals surface area contributed by atoms with Gasteiger partial charge in [0, 0.05) is 26.3 Å². The van der Waals surface area contributed by atoms with Crippen molar-refractivity contribution in [3.8, 4) is 11.5 Å². The van der Waals surface area contributed by atoms with E-state index < -0.39 is 0 Å². The van der Waals surface area contributed by atoms with Crippen LogP contribution in [0.25, 0.3) is 0 Å². The highest BCUT2D eigenvalue weighted by Gasteiger charge is 2.09. The van der Waals surface area contributed by atoms with E-state index >= 15 is 0 Å². The second kappa shape index (κ2) is 7.25. The third-order valence-corrected chi connectivity index (χ3v) is 2.61. The molecule has 1 N–H and O–H groups in total. The monoisotopic (exact) mass is 259 g/mol. The second-order valence-electron chi connectivity index (χ2n) is 3.46. The molecule has 0 saturated carbocycles. The summed E-state index contributed by atoms with van der Waals surface area (Å²) < 4.78 is 15.4. The Morgan fingerprint density at radius 3 is 2.41 bits per heavy atom. The fraction of sp³-hybridized carbons (Fsp3) is 0.500. The minimum Gasteiger partial charge on any atom is -0.495 e. The summed E-state index contributed by atoms with van der Waals surface area (Å²) in [6, 6.07) is 3.56. The van der Waals surface area contributed by atoms with Gasteiger partial charge in [0.1, 0.15) is 11.5 Å². The van der Waals surface area contributed by atoms with Crippen molar-refractivity contribution in [2.75, 3.05) is 39.8 Å². The number of methoxy groups -OCH3 is 3. The van der Waals surface area contributed by atoms with Gasteiger partial charge >= 0.3 is 0 Å². The first-order valence-electron chi connectivity index (χ1n) is 5.37. The standard InChI is InChI=1S/C12H18ClNO3/c1-15-6-4-5-14-10-7-9(13)11(16-2)8-12(10)17-3/h7-8,14H,4-6H2,1-3H3. The zero-order chi connectivity index (χ0) is 12.7. The molecule has 0 fully saturated rings. The van der Waals surface area contributed by atoms with Crippen LogP contribution >= 0.6 is 11.6 Å². The third-order valence-electron chi connectivity index (χ3n) is 2.31. The lowest BCUT2D eigenvalue weighted by molar-refractivity contribution is 0.197. The molecule has 5 heteroatoms. The predicted octanol–water partition coefficient (Wildman–Crippen LogP) is 2.81. The molecule has 0 heterocycles. The topological polar surface area (TPSA) is 39.7 Å². The van der Waals surface area contributed by atoms with E-state index in [0.29, 0.717) is 16.5 Å². The van der Waals surface area contributed by atoms with Crippen LogP contribution in [0, 0.1) is 0 Å². The lowest BCUT2D eigenvalue weighted by Crippen LogP contribution is -2.06. The van der Waals surface area contributed by atoms with Crippen molar-refractivity contribution in [2.45, 2.75) is 6.42 Å². The van der Waals surface area contributed by atoms with E-state index in [4.69, 9.17) is 25.8 Å². The van der Waals surface area contributed by atoms with Crippen molar-refractivity contribution in [3.05, 3.63) is 17.2 Å². The van der Waals surface area contributed by atoms with E-state index in [0.717, 1.165) is 25.3 Å². The summed E-state index contributed by atoms with van der Waals surface area (Å²) in [6.45, 7) is 1.52. The van der Waals surface area contributed by atoms with Crippen molar-refractivity contribution in [1.29, 1.82) is 0 Å². The second-order valence-corrected chi connectivity index (χ2v) is 3.87. The van der Waals surface area contributed by atoms with Gasteiger partial charge in [-0.1, -0.05) is 11.6 Å². The molecule has 4 nitrogen and oxygen atoms in total. The Bertz CT molecular complexity index is 358. The molecule has 0 bridgehead atoms. The fourth-order valence-corrected chi connectivity index (χ4v) is 1.68. The Balaban J connectivity index is 2.73. The smallest absolute Gasteiger partial charge is 0.145 e. The van der Waals surface area contributed by atoms with Crippen LogP contribution < -0.4 is 14.8 Å². The molecule has 96 valence electrons. The Morgan fingerprint density at radius 1 is 1.12 bits per heavy atom. The number of nitrogens with one attached hydrogen (secondary N) is 1. The number of rotatable bonds is 7. The molecule has 0 aromatic heterocycles. The molecule has 1 rings (SSSR count). The average molecular weight is 260 g/mol. The van der Waals surface area contributed by atoms with Gasteiger partial charge in [-0.2, -0.15) is 0 Å². The van der Waals surface area contributed by atoms with Crippen LogP contribution in [0.15, 0.2) is 12.1 Å². The number of hydrogen-bond donors (Lipinski definition) is 1. The highest BCUT2D eigenvalue weighted by Crippen LogP contribution is 2.35. The van der Waals surface area contributed by atoms with Crippen molar-refractivity contribution < 1.29 is 14.2 Å². The third kappa shape index (κ3) is 3.98. The Labute approximate surface area is 107 Å². The largest absolute Gasteiger partial charge is 0.495 e. The van der Waals surface area contributed by atoms with Crippen molar-refractivity contribution >= 4 is 17.3 Å². The zero-order valence-electron chi connectivity index (χ0n) is 10.4. The van der Waals surface area contributed by atoms with Gasteiger partial charge in [0.2, 0.25) is 0 Å². The summed E-state index contributed by atoms with van der Waals surface area (Å²) in [4.78, 5) is 0. The molecule has 0 radical (unpaired) electrons. The van der Waals surface area contributed by atoms with Crippen LogP contribution in [-0.2, 0) is 4.74 Å². The Morgan fingerprint density at radius 2 is 1.82 bits per heavy atom. The lowest BCUT2D eigenvalue weighted by atomic mass is 10.2. The number of hydrogen-bond acceptors (Lipinski definition) is 4. The molecular weight excluding hydrogens is 242 g/mol. The van der Waals surface area contributed by atoms with Gasteiger partial charge < -0.3 is 19.5 Å². The number of halogens is 1. The maximum atomic E-state index is 6.05. The lowest BCUT2D eigenvalue weighted by Gasteiger charge is -2.13. The molecule has 1 aromatic rings. The van der Waals surface area contributed by atoms with Gasteiger partial charge in [-0.25, -0.2) is 0 Å². The summed E-state index contributed by atoms with van der Waals surface area (Å²) in [6.07, 6.45) is 0.920. The molecule has 0 aliphatic rings. The van der Waals surface area contributed by atoms with Crippen LogP contribution in [0.3, 0.4) is 0 Å². The first-order valence-corrected chi connectivity index (χ1v) is 5.75. The quantitative estimate of drug-likeness (QED) is 0.765. The Hall–Kier alpha value is -1.13. The minimum atomic E-state index is 0.558. The molecule has 0 aliphatic carbocycles. The van der Waals surface area contributed by atoms with Gasteiger partial charge in [0.15, 0.2) is 0 Å². The van der Waals surface area contributed by atoms with Crippen LogP contribution in [0.2, 0.25) is 5.02 Å². The fourth-order valence-electron chi connectivity index (χ4n) is 1.44. The first kappa shape index (κ1) is 13.9. The maximum absolute atomic E-state index is 6.05. The molecule has 0 spiro atoms. The van der Waals surface area contributed by atoms with E-state index in [9.17, 15) is 0 Å². The van der Waals surface area contributed by atoms with Gasteiger partial charge in [0.05, 0.1) is 24.9 Å². The normalized spacial score (nSPS) is 10.1. The Kier molecular flexibility index (Phi) is 5.94. The van der Waals surface area contributed by atoms with Crippen LogP contribution in [-0.4, -0.2) is 34.5 Å². The molecule has 0 amide bonds. The summed E-state index contributed by atoms with van der Waals surface area (Å²) in [5.74, 6) is 1.31. The van der Waals surface area contributed by atoms with Gasteiger partial charge in [-0.3, -0.25) is 0 Å². The van der Waals surface area contributed by atoms with E-state index in [1.165, 1.54) is 0 Å². The average Bonchev–Trinajstić information content (AvgIpc) is 2.35. The van der Waals surface area contributed by atoms with E-state index in [1.54, 1.807) is 33.5 Å². The number of anilines is 1. The van der Waals surface area contributed by atoms with Crippen LogP contribution in [0.4, 0.5) is 5.69 Å². The van der Waals surface area contributed by atoms with E-state index in [-0.39, 0.29) is 0 Å². The molecule has 17 heavy (non-hydrogen) atoms. The van der Waals surface area contributed by atoms with Crippen molar-refractivity contribution in [3.63, 3.8) is 0 Å². The minimum absolute atomic E-state index is 0.558. The highest BCUT2D eigenvalue weighted by molar-refractivity contribution is 6.32.